The van der Waals surface area contributed by atoms with Crippen molar-refractivity contribution in [3.63, 3.8) is 0 Å². The van der Waals surface area contributed by atoms with Gasteiger partial charge in [0.1, 0.15) is 18.0 Å². The number of imidazole rings is 2. The van der Waals surface area contributed by atoms with Gasteiger partial charge in [-0.05, 0) is 24.0 Å². The average Bonchev–Trinajstić information content (AvgIpc) is 3.25. The van der Waals surface area contributed by atoms with Gasteiger partial charge < -0.3 is 9.13 Å². The van der Waals surface area contributed by atoms with Gasteiger partial charge in [0.25, 0.3) is 0 Å². The molecule has 0 fully saturated rings. The molecule has 0 radical (unpaired) electrons. The zero-order valence-corrected chi connectivity index (χ0v) is 18.0. The number of halogens is 7. The van der Waals surface area contributed by atoms with E-state index in [2.05, 4.69) is 15.0 Å². The van der Waals surface area contributed by atoms with Crippen LogP contribution in [0.25, 0.3) is 33.6 Å². The van der Waals surface area contributed by atoms with Gasteiger partial charge in [0.15, 0.2) is 5.65 Å². The van der Waals surface area contributed by atoms with Crippen molar-refractivity contribution < 1.29 is 30.7 Å². The molecular weight excluding hydrogens is 475 g/mol. The van der Waals surface area contributed by atoms with Gasteiger partial charge in [-0.25, -0.2) is 19.3 Å². The molecule has 13 heteroatoms. The highest BCUT2D eigenvalue weighted by molar-refractivity contribution is 7.99. The summed E-state index contributed by atoms with van der Waals surface area (Å²) in [5.74, 6) is -0.438. The summed E-state index contributed by atoms with van der Waals surface area (Å²) in [4.78, 5) is 12.4. The standard InChI is InChI=1S/C20H16F7N5S/c1-3-33-15-8-14-12(30-18(20(25,26)27)32(14)5-4-21)7-11(15)16-29-13-6-10(19(22,23)24)9-28-17(13)31(16)2/h6-9H,3-5H2,1-2H3. The molecule has 0 amide bonds. The van der Waals surface area contributed by atoms with E-state index in [1.165, 1.54) is 28.5 Å². The molecule has 4 rings (SSSR count). The predicted molar refractivity (Wildman–Crippen MR) is 110 cm³/mol. The number of rotatable bonds is 5. The maximum Gasteiger partial charge on any atom is 0.449 e. The number of benzene rings is 1. The Labute approximate surface area is 186 Å². The highest BCUT2D eigenvalue weighted by Crippen LogP contribution is 2.39. The van der Waals surface area contributed by atoms with Crippen molar-refractivity contribution in [3.05, 3.63) is 35.8 Å². The minimum absolute atomic E-state index is 0.00573. The number of pyridine rings is 1. The van der Waals surface area contributed by atoms with Crippen LogP contribution in [0.5, 0.6) is 0 Å². The van der Waals surface area contributed by atoms with E-state index in [4.69, 9.17) is 0 Å². The lowest BCUT2D eigenvalue weighted by molar-refractivity contribution is -0.147. The van der Waals surface area contributed by atoms with E-state index in [9.17, 15) is 30.7 Å². The zero-order chi connectivity index (χ0) is 24.1. The lowest BCUT2D eigenvalue weighted by atomic mass is 10.2. The number of hydrogen-bond donors (Lipinski definition) is 0. The molecule has 0 aliphatic heterocycles. The Hall–Kier alpha value is -2.83. The smallest absolute Gasteiger partial charge is 0.318 e. The van der Waals surface area contributed by atoms with Crippen molar-refractivity contribution in [2.24, 2.45) is 7.05 Å². The predicted octanol–water partition coefficient (Wildman–Crippen LogP) is 6.10. The molecule has 3 heterocycles. The summed E-state index contributed by atoms with van der Waals surface area (Å²) in [5.41, 5.74) is -0.309. The van der Waals surface area contributed by atoms with E-state index in [-0.39, 0.29) is 28.0 Å². The Morgan fingerprint density at radius 3 is 2.30 bits per heavy atom. The zero-order valence-electron chi connectivity index (χ0n) is 17.2. The van der Waals surface area contributed by atoms with Crippen LogP contribution in [0.4, 0.5) is 30.7 Å². The average molecular weight is 491 g/mol. The van der Waals surface area contributed by atoms with Crippen LogP contribution in [0.3, 0.4) is 0 Å². The van der Waals surface area contributed by atoms with Crippen molar-refractivity contribution in [2.75, 3.05) is 12.4 Å². The quantitative estimate of drug-likeness (QED) is 0.250. The highest BCUT2D eigenvalue weighted by Gasteiger charge is 2.38. The summed E-state index contributed by atoms with van der Waals surface area (Å²) in [6.07, 6.45) is -8.69. The Balaban J connectivity index is 1.97. The number of nitrogens with zero attached hydrogens (tertiary/aromatic N) is 5. The molecule has 0 aliphatic rings. The van der Waals surface area contributed by atoms with Crippen LogP contribution in [-0.2, 0) is 25.9 Å². The molecule has 5 nitrogen and oxygen atoms in total. The summed E-state index contributed by atoms with van der Waals surface area (Å²) in [5, 5.41) is 0. The largest absolute Gasteiger partial charge is 0.449 e. The minimum Gasteiger partial charge on any atom is -0.318 e. The van der Waals surface area contributed by atoms with Crippen molar-refractivity contribution in [2.45, 2.75) is 30.7 Å². The van der Waals surface area contributed by atoms with Gasteiger partial charge in [0.05, 0.1) is 23.1 Å². The molecule has 0 spiro atoms. The number of fused-ring (bicyclic) bond motifs is 2. The first-order valence-corrected chi connectivity index (χ1v) is 10.6. The van der Waals surface area contributed by atoms with Crippen molar-refractivity contribution in [3.8, 4) is 11.4 Å². The number of alkyl halides is 7. The fourth-order valence-corrected chi connectivity index (χ4v) is 4.41. The van der Waals surface area contributed by atoms with E-state index in [0.29, 0.717) is 22.4 Å². The van der Waals surface area contributed by atoms with Crippen LogP contribution in [-0.4, -0.2) is 36.5 Å². The van der Waals surface area contributed by atoms with Gasteiger partial charge in [-0.3, -0.25) is 0 Å². The molecule has 4 aromatic rings. The Morgan fingerprint density at radius 1 is 0.970 bits per heavy atom. The molecule has 1 aromatic carbocycles. The van der Waals surface area contributed by atoms with Gasteiger partial charge in [-0.15, -0.1) is 11.8 Å². The number of hydrogen-bond acceptors (Lipinski definition) is 4. The number of thioether (sulfide) groups is 1. The van der Waals surface area contributed by atoms with Gasteiger partial charge in [0.2, 0.25) is 5.82 Å². The van der Waals surface area contributed by atoms with Crippen LogP contribution >= 0.6 is 11.8 Å². The van der Waals surface area contributed by atoms with Crippen LogP contribution in [0.1, 0.15) is 18.3 Å². The van der Waals surface area contributed by atoms with E-state index in [0.717, 1.165) is 10.6 Å². The Kier molecular flexibility index (Phi) is 5.79. The molecule has 176 valence electrons. The second kappa shape index (κ2) is 8.19. The van der Waals surface area contributed by atoms with E-state index < -0.39 is 37.0 Å². The first-order chi connectivity index (χ1) is 15.5. The fourth-order valence-electron chi connectivity index (χ4n) is 3.60. The van der Waals surface area contributed by atoms with Crippen LogP contribution in [0.2, 0.25) is 0 Å². The molecule has 0 aliphatic carbocycles. The van der Waals surface area contributed by atoms with Crippen LogP contribution in [0.15, 0.2) is 29.3 Å². The Bertz CT molecular complexity index is 1340. The first-order valence-electron chi connectivity index (χ1n) is 9.66. The summed E-state index contributed by atoms with van der Waals surface area (Å²) < 4.78 is 95.0. The van der Waals surface area contributed by atoms with Gasteiger partial charge in [-0.2, -0.15) is 26.3 Å². The third-order valence-electron chi connectivity index (χ3n) is 4.99. The molecule has 0 N–H and O–H groups in total. The van der Waals surface area contributed by atoms with E-state index in [1.54, 1.807) is 7.05 Å². The molecule has 33 heavy (non-hydrogen) atoms. The summed E-state index contributed by atoms with van der Waals surface area (Å²) in [7, 11) is 1.55. The Morgan fingerprint density at radius 2 is 1.70 bits per heavy atom. The lowest BCUT2D eigenvalue weighted by Gasteiger charge is -2.11. The topological polar surface area (TPSA) is 48.5 Å². The van der Waals surface area contributed by atoms with Crippen molar-refractivity contribution in [1.82, 2.24) is 24.1 Å². The molecule has 0 bridgehead atoms. The van der Waals surface area contributed by atoms with Gasteiger partial charge >= 0.3 is 12.4 Å². The molecule has 0 atom stereocenters. The number of aromatic nitrogens is 5. The maximum absolute atomic E-state index is 13.5. The van der Waals surface area contributed by atoms with Crippen molar-refractivity contribution in [1.29, 1.82) is 0 Å². The minimum atomic E-state index is -4.79. The van der Waals surface area contributed by atoms with E-state index in [1.807, 2.05) is 6.92 Å². The SMILES string of the molecule is CCSc1cc2c(cc1-c1nc3cc(C(F)(F)F)cnc3n1C)nc(C(F)(F)F)n2CCF. The maximum atomic E-state index is 13.5. The third-order valence-corrected chi connectivity index (χ3v) is 5.93. The van der Waals surface area contributed by atoms with E-state index >= 15 is 0 Å². The van der Waals surface area contributed by atoms with Crippen LogP contribution < -0.4 is 0 Å². The van der Waals surface area contributed by atoms with Gasteiger partial charge in [0, 0.05) is 23.7 Å². The highest BCUT2D eigenvalue weighted by atomic mass is 32.2. The van der Waals surface area contributed by atoms with Crippen molar-refractivity contribution >= 4 is 34.0 Å². The normalized spacial score (nSPS) is 12.9. The fraction of sp³-hybridized carbons (Fsp3) is 0.350. The molecule has 3 aromatic heterocycles. The molecular formula is C20H16F7N5S. The summed E-state index contributed by atoms with van der Waals surface area (Å²) in [6, 6.07) is 3.74. The monoisotopic (exact) mass is 491 g/mol. The third kappa shape index (κ3) is 4.13. The molecule has 0 saturated carbocycles. The van der Waals surface area contributed by atoms with Crippen LogP contribution in [0, 0.1) is 0 Å². The second-order valence-corrected chi connectivity index (χ2v) is 8.41. The molecule has 0 saturated heterocycles. The lowest BCUT2D eigenvalue weighted by Crippen LogP contribution is -2.15. The molecule has 0 unspecified atom stereocenters. The second-order valence-electron chi connectivity index (χ2n) is 7.10. The first kappa shape index (κ1) is 23.3. The summed E-state index contributed by atoms with van der Waals surface area (Å²) in [6.45, 7) is 0.312. The van der Waals surface area contributed by atoms with Gasteiger partial charge in [-0.1, -0.05) is 6.92 Å². The summed E-state index contributed by atoms with van der Waals surface area (Å²) >= 11 is 1.31. The number of aryl methyl sites for hydroxylation is 2.